The van der Waals surface area contributed by atoms with E-state index in [0.29, 0.717) is 34.7 Å². The molecule has 3 heterocycles. The predicted molar refractivity (Wildman–Crippen MR) is 130 cm³/mol. The highest BCUT2D eigenvalue weighted by Crippen LogP contribution is 2.34. The van der Waals surface area contributed by atoms with Crippen molar-refractivity contribution >= 4 is 23.3 Å². The van der Waals surface area contributed by atoms with Crippen molar-refractivity contribution in [1.82, 2.24) is 24.5 Å². The van der Waals surface area contributed by atoms with Gasteiger partial charge in [-0.15, -0.1) is 0 Å². The molecule has 0 bridgehead atoms. The van der Waals surface area contributed by atoms with Crippen molar-refractivity contribution in [2.24, 2.45) is 5.92 Å². The maximum absolute atomic E-state index is 15.2. The fourth-order valence-electron chi connectivity index (χ4n) is 4.49. The van der Waals surface area contributed by atoms with Crippen molar-refractivity contribution in [3.63, 3.8) is 0 Å². The number of rotatable bonds is 7. The zero-order valence-electron chi connectivity index (χ0n) is 20.2. The van der Waals surface area contributed by atoms with Crippen molar-refractivity contribution in [1.29, 1.82) is 0 Å². The Labute approximate surface area is 210 Å². The van der Waals surface area contributed by atoms with Crippen LogP contribution in [0.5, 0.6) is 0 Å². The summed E-state index contributed by atoms with van der Waals surface area (Å²) >= 11 is 0. The molecule has 7 nitrogen and oxygen atoms in total. The fraction of sp³-hybridized carbons (Fsp3) is 0.346. The first-order valence-corrected chi connectivity index (χ1v) is 11.9. The second-order valence-corrected chi connectivity index (χ2v) is 9.35. The van der Waals surface area contributed by atoms with E-state index in [4.69, 9.17) is 0 Å². The Morgan fingerprint density at radius 2 is 1.86 bits per heavy atom. The van der Waals surface area contributed by atoms with Crippen molar-refractivity contribution in [3.8, 4) is 11.5 Å². The summed E-state index contributed by atoms with van der Waals surface area (Å²) in [4.78, 5) is 28.9. The number of hydrogen-bond acceptors (Lipinski definition) is 6. The molecule has 11 heteroatoms. The monoisotopic (exact) mass is 512 g/mol. The SMILES string of the molecule is Cc1ccnc(-c2nc3nc(C=O)nc(N[C@H](C)C4CCC4)c3n2Cc2ccc(C(F)(F)F)cc2)c1F. The van der Waals surface area contributed by atoms with E-state index in [0.717, 1.165) is 31.4 Å². The molecule has 1 saturated carbocycles. The van der Waals surface area contributed by atoms with Gasteiger partial charge in [-0.25, -0.2) is 24.3 Å². The summed E-state index contributed by atoms with van der Waals surface area (Å²) in [5.74, 6) is 0.260. The number of fused-ring (bicyclic) bond motifs is 1. The van der Waals surface area contributed by atoms with Crippen molar-refractivity contribution in [2.75, 3.05) is 5.32 Å². The Kier molecular flexibility index (Phi) is 6.38. The fourth-order valence-corrected chi connectivity index (χ4v) is 4.49. The third kappa shape index (κ3) is 4.77. The van der Waals surface area contributed by atoms with Gasteiger partial charge >= 0.3 is 6.18 Å². The first-order chi connectivity index (χ1) is 17.7. The van der Waals surface area contributed by atoms with Gasteiger partial charge in [0.25, 0.3) is 0 Å². The Balaban J connectivity index is 1.69. The summed E-state index contributed by atoms with van der Waals surface area (Å²) in [6, 6.07) is 6.29. The minimum atomic E-state index is -4.46. The molecule has 1 N–H and O–H groups in total. The molecule has 0 radical (unpaired) electrons. The van der Waals surface area contributed by atoms with Crippen LogP contribution in [0.15, 0.2) is 36.5 Å². The molecule has 1 aliphatic carbocycles. The molecule has 5 rings (SSSR count). The summed E-state index contributed by atoms with van der Waals surface area (Å²) in [6.45, 7) is 3.67. The normalized spacial score (nSPS) is 15.0. The van der Waals surface area contributed by atoms with Crippen LogP contribution in [-0.4, -0.2) is 36.8 Å². The lowest BCUT2D eigenvalue weighted by Gasteiger charge is -2.32. The lowest BCUT2D eigenvalue weighted by Crippen LogP contribution is -2.31. The highest BCUT2D eigenvalue weighted by Gasteiger charge is 2.30. The summed E-state index contributed by atoms with van der Waals surface area (Å²) in [6.07, 6.45) is 0.779. The average Bonchev–Trinajstić information content (AvgIpc) is 3.17. The largest absolute Gasteiger partial charge is 0.416 e. The number of aryl methyl sites for hydroxylation is 1. The number of anilines is 1. The zero-order valence-corrected chi connectivity index (χ0v) is 20.2. The molecule has 4 aromatic rings. The Morgan fingerprint density at radius 3 is 2.49 bits per heavy atom. The van der Waals surface area contributed by atoms with Crippen LogP contribution in [0.25, 0.3) is 22.7 Å². The number of halogens is 4. The first-order valence-electron chi connectivity index (χ1n) is 11.9. The number of nitrogens with one attached hydrogen (secondary N) is 1. The number of benzene rings is 1. The van der Waals surface area contributed by atoms with E-state index < -0.39 is 17.6 Å². The summed E-state index contributed by atoms with van der Waals surface area (Å²) in [5, 5.41) is 3.37. The third-order valence-corrected chi connectivity index (χ3v) is 6.86. The molecule has 0 amide bonds. The van der Waals surface area contributed by atoms with Crippen molar-refractivity contribution in [2.45, 2.75) is 51.9 Å². The van der Waals surface area contributed by atoms with Crippen LogP contribution >= 0.6 is 0 Å². The number of aromatic nitrogens is 5. The molecule has 1 atom stereocenters. The molecular formula is C26H24F4N6O. The second kappa shape index (κ2) is 9.53. The van der Waals surface area contributed by atoms with Crippen LogP contribution < -0.4 is 5.32 Å². The molecule has 1 aliphatic rings. The van der Waals surface area contributed by atoms with Crippen LogP contribution in [0.1, 0.15) is 53.5 Å². The van der Waals surface area contributed by atoms with Gasteiger partial charge < -0.3 is 9.88 Å². The molecule has 0 aliphatic heterocycles. The first kappa shape index (κ1) is 24.8. The molecule has 3 aromatic heterocycles. The highest BCUT2D eigenvalue weighted by molar-refractivity contribution is 5.89. The van der Waals surface area contributed by atoms with Crippen LogP contribution in [0, 0.1) is 18.7 Å². The van der Waals surface area contributed by atoms with E-state index in [1.165, 1.54) is 24.4 Å². The topological polar surface area (TPSA) is 85.6 Å². The number of pyridine rings is 1. The van der Waals surface area contributed by atoms with Crippen molar-refractivity contribution < 1.29 is 22.4 Å². The molecule has 0 spiro atoms. The average molecular weight is 513 g/mol. The standard InChI is InChI=1S/C26H24F4N6O/c1-14-10-11-31-21(20(14)27)25-35-24-22(36(25)12-16-6-8-18(9-7-16)26(28,29)30)23(33-19(13-37)34-24)32-15(2)17-4-3-5-17/h6-11,13,15,17H,3-5,12H2,1-2H3,(H,32,33,34)/t15-/m1/s1. The molecule has 1 aromatic carbocycles. The van der Waals surface area contributed by atoms with Gasteiger partial charge in [-0.1, -0.05) is 18.6 Å². The van der Waals surface area contributed by atoms with Crippen molar-refractivity contribution in [3.05, 3.63) is 64.9 Å². The summed E-state index contributed by atoms with van der Waals surface area (Å²) in [5.41, 5.74) is 0.651. The van der Waals surface area contributed by atoms with E-state index in [-0.39, 0.29) is 35.6 Å². The minimum Gasteiger partial charge on any atom is -0.365 e. The number of imidazole rings is 1. The maximum Gasteiger partial charge on any atom is 0.416 e. The number of carbonyl (C=O) groups is 1. The lowest BCUT2D eigenvalue weighted by atomic mass is 9.80. The minimum absolute atomic E-state index is 0.0319. The van der Waals surface area contributed by atoms with Gasteiger partial charge in [0.1, 0.15) is 11.2 Å². The highest BCUT2D eigenvalue weighted by atomic mass is 19.4. The van der Waals surface area contributed by atoms with E-state index in [2.05, 4.69) is 25.3 Å². The summed E-state index contributed by atoms with van der Waals surface area (Å²) in [7, 11) is 0. The number of aldehydes is 1. The molecule has 1 fully saturated rings. The number of hydrogen-bond donors (Lipinski definition) is 1. The Hall–Kier alpha value is -3.89. The van der Waals surface area contributed by atoms with Gasteiger partial charge in [-0.2, -0.15) is 13.2 Å². The number of nitrogens with zero attached hydrogens (tertiary/aromatic N) is 5. The number of alkyl halides is 3. The van der Waals surface area contributed by atoms with Gasteiger partial charge in [0, 0.05) is 18.8 Å². The number of carbonyl (C=O) groups excluding carboxylic acids is 1. The van der Waals surface area contributed by atoms with Gasteiger partial charge in [0.05, 0.1) is 5.56 Å². The molecule has 37 heavy (non-hydrogen) atoms. The van der Waals surface area contributed by atoms with Gasteiger partial charge in [-0.05, 0) is 61.9 Å². The van der Waals surface area contributed by atoms with Crippen LogP contribution in [0.3, 0.4) is 0 Å². The summed E-state index contributed by atoms with van der Waals surface area (Å²) < 4.78 is 56.1. The zero-order chi connectivity index (χ0) is 26.3. The van der Waals surface area contributed by atoms with E-state index >= 15 is 4.39 Å². The predicted octanol–water partition coefficient (Wildman–Crippen LogP) is 5.82. The molecule has 0 saturated heterocycles. The van der Waals surface area contributed by atoms with Crippen LogP contribution in [0.2, 0.25) is 0 Å². The van der Waals surface area contributed by atoms with Crippen LogP contribution in [0.4, 0.5) is 23.4 Å². The Morgan fingerprint density at radius 1 is 1.14 bits per heavy atom. The van der Waals surface area contributed by atoms with E-state index in [1.807, 2.05) is 6.92 Å². The molecular weight excluding hydrogens is 488 g/mol. The Bertz CT molecular complexity index is 1460. The van der Waals surface area contributed by atoms with Gasteiger partial charge in [-0.3, -0.25) is 4.79 Å². The molecule has 0 unspecified atom stereocenters. The van der Waals surface area contributed by atoms with Gasteiger partial charge in [0.2, 0.25) is 0 Å². The lowest BCUT2D eigenvalue weighted by molar-refractivity contribution is -0.137. The van der Waals surface area contributed by atoms with Crippen LogP contribution in [-0.2, 0) is 12.7 Å². The maximum atomic E-state index is 15.2. The quantitative estimate of drug-likeness (QED) is 0.248. The van der Waals surface area contributed by atoms with Gasteiger partial charge in [0.15, 0.2) is 35.2 Å². The van der Waals surface area contributed by atoms with E-state index in [1.54, 1.807) is 11.5 Å². The third-order valence-electron chi connectivity index (χ3n) is 6.86. The van der Waals surface area contributed by atoms with E-state index in [9.17, 15) is 18.0 Å². The molecule has 192 valence electrons. The second-order valence-electron chi connectivity index (χ2n) is 9.35. The smallest absolute Gasteiger partial charge is 0.365 e.